The van der Waals surface area contributed by atoms with Crippen molar-refractivity contribution in [1.29, 1.82) is 0 Å². The molecule has 0 saturated carbocycles. The Bertz CT molecular complexity index is 265. The Balaban J connectivity index is 0.000000292. The molecule has 0 bridgehead atoms. The lowest BCUT2D eigenvalue weighted by molar-refractivity contribution is -0.109. The lowest BCUT2D eigenvalue weighted by Gasteiger charge is -2.10. The minimum Gasteiger partial charge on any atom is -0.378 e. The molecule has 0 aliphatic carbocycles. The molecule has 0 aliphatic heterocycles. The molecule has 0 amide bonds. The fourth-order valence-electron chi connectivity index (χ4n) is 0.642. The highest BCUT2D eigenvalue weighted by Crippen LogP contribution is 2.05. The number of carbonyl (C=O) groups excluding carboxylic acids is 1. The summed E-state index contributed by atoms with van der Waals surface area (Å²) in [5, 5.41) is -0.508. The van der Waals surface area contributed by atoms with Crippen LogP contribution in [0.25, 0.3) is 0 Å². The van der Waals surface area contributed by atoms with Crippen molar-refractivity contribution in [1.82, 2.24) is 4.98 Å². The molecule has 3 nitrogen and oxygen atoms in total. The van der Waals surface area contributed by atoms with Gasteiger partial charge in [-0.25, -0.2) is 0 Å². The van der Waals surface area contributed by atoms with E-state index in [0.717, 1.165) is 0 Å². The summed E-state index contributed by atoms with van der Waals surface area (Å²) in [6.07, 6.45) is 3.57. The summed E-state index contributed by atoms with van der Waals surface area (Å²) in [6, 6.07) is 3.94. The van der Waals surface area contributed by atoms with Crippen LogP contribution >= 0.6 is 23.2 Å². The topological polar surface area (TPSA) is 33.2 Å². The summed E-state index contributed by atoms with van der Waals surface area (Å²) < 4.78 is 0. The third-order valence-corrected chi connectivity index (χ3v) is 1.80. The van der Waals surface area contributed by atoms with Gasteiger partial charge in [-0.15, -0.1) is 11.6 Å². The molecule has 5 heteroatoms. The molecule has 14 heavy (non-hydrogen) atoms. The number of hydrogen-bond donors (Lipinski definition) is 0. The Morgan fingerprint density at radius 2 is 1.86 bits per heavy atom. The summed E-state index contributed by atoms with van der Waals surface area (Å²) in [5.41, 5.74) is 1.19. The standard InChI is InChI=1S/C7H10N2.C2H2Cl2O/c1-9(2)7-3-5-8-6-4-7;3-1-2(4)5/h3-6H,1-2H3;1H2. The molecule has 0 spiro atoms. The van der Waals surface area contributed by atoms with Gasteiger partial charge in [-0.1, -0.05) is 0 Å². The zero-order chi connectivity index (χ0) is 11.0. The number of rotatable bonds is 2. The number of pyridine rings is 1. The highest BCUT2D eigenvalue weighted by molar-refractivity contribution is 6.67. The van der Waals surface area contributed by atoms with E-state index in [1.54, 1.807) is 12.4 Å². The van der Waals surface area contributed by atoms with E-state index in [1.165, 1.54) is 5.69 Å². The van der Waals surface area contributed by atoms with Crippen molar-refractivity contribution in [2.45, 2.75) is 0 Å². The summed E-state index contributed by atoms with van der Waals surface area (Å²) in [7, 11) is 4.02. The number of alkyl halides is 1. The van der Waals surface area contributed by atoms with Crippen molar-refractivity contribution in [2.24, 2.45) is 0 Å². The van der Waals surface area contributed by atoms with Crippen LogP contribution in [-0.4, -0.2) is 30.2 Å². The molecule has 1 heterocycles. The van der Waals surface area contributed by atoms with Crippen molar-refractivity contribution in [3.05, 3.63) is 24.5 Å². The predicted octanol–water partition coefficient (Wildman–Crippen LogP) is 2.14. The van der Waals surface area contributed by atoms with Crippen molar-refractivity contribution in [2.75, 3.05) is 24.9 Å². The second-order valence-electron chi connectivity index (χ2n) is 2.59. The number of halogens is 2. The third-order valence-electron chi connectivity index (χ3n) is 1.28. The quantitative estimate of drug-likeness (QED) is 0.581. The maximum Gasteiger partial charge on any atom is 0.236 e. The first kappa shape index (κ1) is 13.2. The highest BCUT2D eigenvalue weighted by atomic mass is 35.5. The van der Waals surface area contributed by atoms with Crippen LogP contribution in [-0.2, 0) is 4.79 Å². The fourth-order valence-corrected chi connectivity index (χ4v) is 0.642. The van der Waals surface area contributed by atoms with Gasteiger partial charge < -0.3 is 4.90 Å². The van der Waals surface area contributed by atoms with Crippen LogP contribution in [0.3, 0.4) is 0 Å². The van der Waals surface area contributed by atoms with Crippen LogP contribution in [0.4, 0.5) is 5.69 Å². The van der Waals surface area contributed by atoms with Crippen molar-refractivity contribution < 1.29 is 4.79 Å². The number of aromatic nitrogens is 1. The van der Waals surface area contributed by atoms with Crippen LogP contribution in [0.5, 0.6) is 0 Å². The molecule has 0 N–H and O–H groups in total. The number of carbonyl (C=O) groups is 1. The van der Waals surface area contributed by atoms with Crippen LogP contribution in [0, 0.1) is 0 Å². The van der Waals surface area contributed by atoms with Gasteiger partial charge >= 0.3 is 0 Å². The predicted molar refractivity (Wildman–Crippen MR) is 60.1 cm³/mol. The van der Waals surface area contributed by atoms with E-state index in [4.69, 9.17) is 23.2 Å². The highest BCUT2D eigenvalue weighted by Gasteiger charge is 1.88. The van der Waals surface area contributed by atoms with Gasteiger partial charge in [0.15, 0.2) is 0 Å². The van der Waals surface area contributed by atoms with Gasteiger partial charge in [-0.2, -0.15) is 0 Å². The molecule has 0 aliphatic rings. The Hall–Kier alpha value is -0.800. The van der Waals surface area contributed by atoms with Gasteiger partial charge in [-0.05, 0) is 23.7 Å². The van der Waals surface area contributed by atoms with Gasteiger partial charge in [0, 0.05) is 32.2 Å². The molecule has 0 fully saturated rings. The average Bonchev–Trinajstić information content (AvgIpc) is 2.20. The number of hydrogen-bond acceptors (Lipinski definition) is 3. The van der Waals surface area contributed by atoms with E-state index in [0.29, 0.717) is 0 Å². The Kier molecular flexibility index (Phi) is 7.16. The molecular weight excluding hydrogens is 223 g/mol. The van der Waals surface area contributed by atoms with E-state index < -0.39 is 5.24 Å². The minimum absolute atomic E-state index is 0.0957. The molecule has 0 radical (unpaired) electrons. The van der Waals surface area contributed by atoms with Gasteiger partial charge in [0.05, 0.1) is 5.88 Å². The lowest BCUT2D eigenvalue weighted by Crippen LogP contribution is -2.07. The summed E-state index contributed by atoms with van der Waals surface area (Å²) >= 11 is 9.55. The van der Waals surface area contributed by atoms with Gasteiger partial charge in [0.1, 0.15) is 0 Å². The molecule has 1 aromatic heterocycles. The Morgan fingerprint density at radius 1 is 1.43 bits per heavy atom. The molecule has 0 unspecified atom stereocenters. The maximum atomic E-state index is 9.45. The van der Waals surface area contributed by atoms with E-state index >= 15 is 0 Å². The van der Waals surface area contributed by atoms with E-state index in [-0.39, 0.29) is 5.88 Å². The van der Waals surface area contributed by atoms with Crippen LogP contribution in [0.15, 0.2) is 24.5 Å². The van der Waals surface area contributed by atoms with Crippen LogP contribution in [0.2, 0.25) is 0 Å². The zero-order valence-corrected chi connectivity index (χ0v) is 9.59. The third kappa shape index (κ3) is 6.69. The van der Waals surface area contributed by atoms with Crippen LogP contribution in [0.1, 0.15) is 0 Å². The molecule has 0 atom stereocenters. The molecular formula is C9H12Cl2N2O. The second kappa shape index (κ2) is 7.59. The first-order chi connectivity index (χ1) is 6.57. The second-order valence-corrected chi connectivity index (χ2v) is 3.28. The molecule has 0 aromatic carbocycles. The van der Waals surface area contributed by atoms with Crippen molar-refractivity contribution >= 4 is 34.1 Å². The van der Waals surface area contributed by atoms with Crippen molar-refractivity contribution in [3.8, 4) is 0 Å². The van der Waals surface area contributed by atoms with E-state index in [2.05, 4.69) is 4.98 Å². The largest absolute Gasteiger partial charge is 0.378 e. The maximum absolute atomic E-state index is 9.45. The SMILES string of the molecule is CN(C)c1ccncc1.O=C(Cl)CCl. The van der Waals surface area contributed by atoms with Gasteiger partial charge in [0.2, 0.25) is 5.24 Å². The Morgan fingerprint density at radius 3 is 2.07 bits per heavy atom. The summed E-state index contributed by atoms with van der Waals surface area (Å²) in [5.74, 6) is -0.0957. The Labute approximate surface area is 93.6 Å². The van der Waals surface area contributed by atoms with E-state index in [1.807, 2.05) is 31.1 Å². The summed E-state index contributed by atoms with van der Waals surface area (Å²) in [4.78, 5) is 15.4. The first-order valence-corrected chi connectivity index (χ1v) is 4.80. The minimum atomic E-state index is -0.508. The smallest absolute Gasteiger partial charge is 0.236 e. The van der Waals surface area contributed by atoms with Crippen LogP contribution < -0.4 is 4.90 Å². The van der Waals surface area contributed by atoms with Gasteiger partial charge in [-0.3, -0.25) is 9.78 Å². The lowest BCUT2D eigenvalue weighted by atomic mass is 10.4. The van der Waals surface area contributed by atoms with Gasteiger partial charge in [0.25, 0.3) is 0 Å². The fraction of sp³-hybridized carbons (Fsp3) is 0.333. The molecule has 1 aromatic rings. The van der Waals surface area contributed by atoms with E-state index in [9.17, 15) is 4.79 Å². The molecule has 1 rings (SSSR count). The molecule has 78 valence electrons. The first-order valence-electron chi connectivity index (χ1n) is 3.89. The number of nitrogens with zero attached hydrogens (tertiary/aromatic N) is 2. The van der Waals surface area contributed by atoms with Crippen molar-refractivity contribution in [3.63, 3.8) is 0 Å². The summed E-state index contributed by atoms with van der Waals surface area (Å²) in [6.45, 7) is 0. The normalized spacial score (nSPS) is 8.57. The average molecular weight is 235 g/mol. The number of anilines is 1. The zero-order valence-electron chi connectivity index (χ0n) is 8.08. The molecule has 0 saturated heterocycles. The monoisotopic (exact) mass is 234 g/mol.